The highest BCUT2D eigenvalue weighted by Crippen LogP contribution is 2.28. The molecule has 0 aliphatic rings. The van der Waals surface area contributed by atoms with Crippen molar-refractivity contribution in [3.05, 3.63) is 47.3 Å². The van der Waals surface area contributed by atoms with E-state index in [1.807, 2.05) is 34.7 Å². The molecular weight excluding hydrogens is 418 g/mol. The zero-order valence-electron chi connectivity index (χ0n) is 8.72. The largest absolute Gasteiger partial charge is 0.306 e. The lowest BCUT2D eigenvalue weighted by Gasteiger charge is -2.06. The van der Waals surface area contributed by atoms with Gasteiger partial charge in [-0.1, -0.05) is 27.5 Å². The van der Waals surface area contributed by atoms with Crippen LogP contribution in [0.4, 0.5) is 0 Å². The molecule has 0 aliphatic carbocycles. The molecule has 3 nitrogen and oxygen atoms in total. The third-order valence-electron chi connectivity index (χ3n) is 2.21. The van der Waals surface area contributed by atoms with E-state index in [0.717, 1.165) is 4.47 Å². The molecule has 0 fully saturated rings. The first-order valence-corrected chi connectivity index (χ1v) is 6.96. The average molecular weight is 425 g/mol. The van der Waals surface area contributed by atoms with Crippen LogP contribution in [0, 0.1) is 10.5 Å². The lowest BCUT2D eigenvalue weighted by molar-refractivity contribution is 1.05. The maximum atomic E-state index is 11.7. The number of nitrogens with zero attached hydrogens (tertiary/aromatic N) is 1. The highest BCUT2D eigenvalue weighted by Gasteiger charge is 2.10. The fourth-order valence-electron chi connectivity index (χ4n) is 1.38. The second kappa shape index (κ2) is 5.07. The molecule has 0 aliphatic heterocycles. The van der Waals surface area contributed by atoms with Gasteiger partial charge in [0.25, 0.3) is 5.56 Å². The minimum atomic E-state index is -0.149. The Balaban J connectivity index is 2.69. The van der Waals surface area contributed by atoms with E-state index in [-0.39, 0.29) is 5.56 Å². The normalized spacial score (nSPS) is 10.6. The summed E-state index contributed by atoms with van der Waals surface area (Å²) in [5.41, 5.74) is 1.25. The average Bonchev–Trinajstić information content (AvgIpc) is 2.28. The Morgan fingerprint density at radius 1 is 1.47 bits per heavy atom. The molecule has 0 saturated carbocycles. The fourth-order valence-corrected chi connectivity index (χ4v) is 2.20. The molecule has 17 heavy (non-hydrogen) atoms. The van der Waals surface area contributed by atoms with Crippen molar-refractivity contribution in [2.24, 2.45) is 0 Å². The third-order valence-corrected chi connectivity index (χ3v) is 4.31. The molecule has 0 saturated heterocycles. The summed E-state index contributed by atoms with van der Waals surface area (Å²) in [6.07, 6.45) is 0. The van der Waals surface area contributed by atoms with Crippen molar-refractivity contribution in [3.8, 4) is 11.4 Å². The Labute approximate surface area is 125 Å². The predicted octanol–water partition coefficient (Wildman–Crippen LogP) is 3.77. The van der Waals surface area contributed by atoms with Crippen molar-refractivity contribution in [1.82, 2.24) is 9.97 Å². The lowest BCUT2D eigenvalue weighted by Crippen LogP contribution is -2.14. The van der Waals surface area contributed by atoms with Crippen LogP contribution in [0.2, 0.25) is 5.02 Å². The standard InChI is InChI=1S/C11H7BrClIN2O/c1-5-9(14)11(17)16-10(15-5)7-4-6(12)2-3-8(7)13/h2-4H,1H3,(H,15,16,17). The van der Waals surface area contributed by atoms with Crippen LogP contribution < -0.4 is 5.56 Å². The van der Waals surface area contributed by atoms with Gasteiger partial charge in [0.1, 0.15) is 5.82 Å². The monoisotopic (exact) mass is 424 g/mol. The van der Waals surface area contributed by atoms with Crippen LogP contribution in [0.1, 0.15) is 5.69 Å². The molecule has 0 unspecified atom stereocenters. The first-order chi connectivity index (χ1) is 7.99. The molecule has 1 N–H and O–H groups in total. The second-order valence-electron chi connectivity index (χ2n) is 3.44. The number of aryl methyl sites for hydroxylation is 1. The molecular formula is C11H7BrClIN2O. The van der Waals surface area contributed by atoms with Crippen LogP contribution in [-0.4, -0.2) is 9.97 Å². The van der Waals surface area contributed by atoms with Crippen LogP contribution in [0.25, 0.3) is 11.4 Å². The summed E-state index contributed by atoms with van der Waals surface area (Å²) in [6.45, 7) is 1.80. The van der Waals surface area contributed by atoms with Crippen molar-refractivity contribution in [3.63, 3.8) is 0 Å². The summed E-state index contributed by atoms with van der Waals surface area (Å²) in [5, 5.41) is 0.553. The first-order valence-electron chi connectivity index (χ1n) is 4.71. The first kappa shape index (κ1) is 13.0. The molecule has 1 aromatic carbocycles. The van der Waals surface area contributed by atoms with Gasteiger partial charge in [0.05, 0.1) is 14.3 Å². The van der Waals surface area contributed by atoms with Crippen molar-refractivity contribution in [2.75, 3.05) is 0 Å². The Morgan fingerprint density at radius 3 is 2.82 bits per heavy atom. The van der Waals surface area contributed by atoms with Gasteiger partial charge in [-0.15, -0.1) is 0 Å². The van der Waals surface area contributed by atoms with Gasteiger partial charge in [0, 0.05) is 10.0 Å². The van der Waals surface area contributed by atoms with E-state index < -0.39 is 0 Å². The Morgan fingerprint density at radius 2 is 2.18 bits per heavy atom. The number of H-pyrrole nitrogens is 1. The number of nitrogens with one attached hydrogen (secondary N) is 1. The van der Waals surface area contributed by atoms with E-state index in [4.69, 9.17) is 11.6 Å². The highest BCUT2D eigenvalue weighted by atomic mass is 127. The van der Waals surface area contributed by atoms with Crippen LogP contribution in [-0.2, 0) is 0 Å². The van der Waals surface area contributed by atoms with Gasteiger partial charge in [0.2, 0.25) is 0 Å². The van der Waals surface area contributed by atoms with E-state index in [1.165, 1.54) is 0 Å². The number of hydrogen-bond acceptors (Lipinski definition) is 2. The van der Waals surface area contributed by atoms with Crippen LogP contribution in [0.5, 0.6) is 0 Å². The number of rotatable bonds is 1. The van der Waals surface area contributed by atoms with E-state index in [0.29, 0.717) is 25.7 Å². The Bertz CT molecular complexity index is 642. The maximum Gasteiger partial charge on any atom is 0.264 e. The number of benzene rings is 1. The van der Waals surface area contributed by atoms with E-state index in [1.54, 1.807) is 13.0 Å². The molecule has 0 bridgehead atoms. The molecule has 1 heterocycles. The van der Waals surface area contributed by atoms with Crippen molar-refractivity contribution < 1.29 is 0 Å². The lowest BCUT2D eigenvalue weighted by atomic mass is 10.2. The Kier molecular flexibility index (Phi) is 3.89. The Hall–Kier alpha value is -0.400. The quantitative estimate of drug-likeness (QED) is 0.708. The van der Waals surface area contributed by atoms with Gasteiger partial charge in [-0.25, -0.2) is 4.98 Å². The molecule has 1 aromatic heterocycles. The molecule has 0 atom stereocenters. The SMILES string of the molecule is Cc1nc(-c2cc(Br)ccc2Cl)[nH]c(=O)c1I. The second-order valence-corrected chi connectivity index (χ2v) is 5.84. The summed E-state index contributed by atoms with van der Waals surface area (Å²) in [5.74, 6) is 0.485. The van der Waals surface area contributed by atoms with Gasteiger partial charge in [-0.2, -0.15) is 0 Å². The summed E-state index contributed by atoms with van der Waals surface area (Å²) in [6, 6.07) is 5.42. The highest BCUT2D eigenvalue weighted by molar-refractivity contribution is 14.1. The zero-order chi connectivity index (χ0) is 12.6. The molecule has 0 amide bonds. The molecule has 0 spiro atoms. The summed E-state index contributed by atoms with van der Waals surface area (Å²) in [7, 11) is 0. The van der Waals surface area contributed by atoms with Crippen LogP contribution in [0.15, 0.2) is 27.5 Å². The van der Waals surface area contributed by atoms with Gasteiger partial charge in [0.15, 0.2) is 0 Å². The number of halogens is 3. The van der Waals surface area contributed by atoms with Gasteiger partial charge in [-0.05, 0) is 47.7 Å². The molecule has 6 heteroatoms. The van der Waals surface area contributed by atoms with Crippen molar-refractivity contribution in [1.29, 1.82) is 0 Å². The maximum absolute atomic E-state index is 11.7. The smallest absolute Gasteiger partial charge is 0.264 e. The zero-order valence-corrected chi connectivity index (χ0v) is 13.2. The molecule has 2 aromatic rings. The number of aromatic amines is 1. The van der Waals surface area contributed by atoms with E-state index in [9.17, 15) is 4.79 Å². The minimum Gasteiger partial charge on any atom is -0.306 e. The van der Waals surface area contributed by atoms with Gasteiger partial charge < -0.3 is 4.98 Å². The van der Waals surface area contributed by atoms with Crippen molar-refractivity contribution >= 4 is 50.1 Å². The topological polar surface area (TPSA) is 45.8 Å². The summed E-state index contributed by atoms with van der Waals surface area (Å²) < 4.78 is 1.48. The number of aromatic nitrogens is 2. The third kappa shape index (κ3) is 2.71. The number of hydrogen-bond donors (Lipinski definition) is 1. The molecule has 88 valence electrons. The van der Waals surface area contributed by atoms with Crippen molar-refractivity contribution in [2.45, 2.75) is 6.92 Å². The van der Waals surface area contributed by atoms with Gasteiger partial charge in [-0.3, -0.25) is 4.79 Å². The summed E-state index contributed by atoms with van der Waals surface area (Å²) >= 11 is 11.4. The summed E-state index contributed by atoms with van der Waals surface area (Å²) in [4.78, 5) is 18.7. The van der Waals surface area contributed by atoms with E-state index in [2.05, 4.69) is 25.9 Å². The van der Waals surface area contributed by atoms with Crippen LogP contribution >= 0.6 is 50.1 Å². The minimum absolute atomic E-state index is 0.149. The van der Waals surface area contributed by atoms with Gasteiger partial charge >= 0.3 is 0 Å². The molecule has 2 rings (SSSR count). The fraction of sp³-hybridized carbons (Fsp3) is 0.0909. The van der Waals surface area contributed by atoms with Crippen LogP contribution in [0.3, 0.4) is 0 Å². The van der Waals surface area contributed by atoms with E-state index >= 15 is 0 Å². The predicted molar refractivity (Wildman–Crippen MR) is 80.5 cm³/mol. The molecule has 0 radical (unpaired) electrons.